The number of anilines is 1. The second-order valence-corrected chi connectivity index (χ2v) is 8.69. The summed E-state index contributed by atoms with van der Waals surface area (Å²) in [6.45, 7) is 8.56. The van der Waals surface area contributed by atoms with Crippen LogP contribution in [-0.2, 0) is 18.4 Å². The molecule has 3 heterocycles. The van der Waals surface area contributed by atoms with Crippen molar-refractivity contribution >= 4 is 17.0 Å². The molecule has 1 aromatic carbocycles. The molecule has 0 atom stereocenters. The summed E-state index contributed by atoms with van der Waals surface area (Å²) in [5.74, 6) is -1.66. The number of rotatable bonds is 4. The van der Waals surface area contributed by atoms with Crippen LogP contribution < -0.4 is 4.90 Å². The van der Waals surface area contributed by atoms with Crippen LogP contribution in [0.2, 0.25) is 0 Å². The second-order valence-electron chi connectivity index (χ2n) is 8.69. The fourth-order valence-corrected chi connectivity index (χ4v) is 3.64. The second kappa shape index (κ2) is 7.00. The molecule has 1 aliphatic heterocycles. The van der Waals surface area contributed by atoms with E-state index in [1.807, 2.05) is 32.9 Å². The van der Waals surface area contributed by atoms with Gasteiger partial charge in [-0.3, -0.25) is 0 Å². The topological polar surface area (TPSA) is 59.7 Å². The Kier molecular flexibility index (Phi) is 4.75. The maximum atomic E-state index is 13.9. The van der Waals surface area contributed by atoms with Crippen LogP contribution in [-0.4, -0.2) is 44.0 Å². The largest absolute Gasteiger partial charge is 0.348 e. The van der Waals surface area contributed by atoms with Gasteiger partial charge in [0.1, 0.15) is 5.82 Å². The molecular formula is C21H26F2N6. The maximum absolute atomic E-state index is 13.9. The molecule has 4 rings (SSSR count). The van der Waals surface area contributed by atoms with Gasteiger partial charge in [-0.05, 0) is 17.5 Å². The highest BCUT2D eigenvalue weighted by atomic mass is 19.3. The molecule has 29 heavy (non-hydrogen) atoms. The highest BCUT2D eigenvalue weighted by Gasteiger charge is 2.40. The molecule has 0 N–H and O–H groups in total. The minimum absolute atomic E-state index is 0.179. The van der Waals surface area contributed by atoms with Gasteiger partial charge >= 0.3 is 0 Å². The Morgan fingerprint density at radius 3 is 2.45 bits per heavy atom. The normalized spacial score (nSPS) is 16.7. The molecule has 0 saturated carbocycles. The van der Waals surface area contributed by atoms with Crippen LogP contribution in [0.4, 0.5) is 14.6 Å². The highest BCUT2D eigenvalue weighted by Crippen LogP contribution is 2.34. The summed E-state index contributed by atoms with van der Waals surface area (Å²) >= 11 is 0. The summed E-state index contributed by atoms with van der Waals surface area (Å²) in [7, 11) is 0. The van der Waals surface area contributed by atoms with Crippen molar-refractivity contribution in [2.24, 2.45) is 0 Å². The summed E-state index contributed by atoms with van der Waals surface area (Å²) in [6, 6.07) is 8.19. The molecule has 154 valence electrons. The zero-order valence-electron chi connectivity index (χ0n) is 17.3. The Balaban J connectivity index is 1.83. The monoisotopic (exact) mass is 400 g/mol. The zero-order chi connectivity index (χ0) is 20.8. The molecule has 8 heteroatoms. The van der Waals surface area contributed by atoms with Crippen LogP contribution in [0.3, 0.4) is 0 Å². The third kappa shape index (κ3) is 3.80. The number of aromatic nitrogens is 5. The zero-order valence-corrected chi connectivity index (χ0v) is 17.3. The molecule has 0 radical (unpaired) electrons. The van der Waals surface area contributed by atoms with Crippen molar-refractivity contribution in [2.45, 2.75) is 58.4 Å². The fraction of sp³-hybridized carbons (Fsp3) is 0.524. The first-order valence-corrected chi connectivity index (χ1v) is 9.99. The lowest BCUT2D eigenvalue weighted by Crippen LogP contribution is -2.27. The number of alkyl halides is 2. The van der Waals surface area contributed by atoms with Crippen molar-refractivity contribution in [3.63, 3.8) is 0 Å². The molecule has 6 nitrogen and oxygen atoms in total. The highest BCUT2D eigenvalue weighted by molar-refractivity contribution is 5.83. The van der Waals surface area contributed by atoms with Gasteiger partial charge in [0.05, 0.1) is 13.1 Å². The van der Waals surface area contributed by atoms with E-state index >= 15 is 0 Å². The number of halogens is 2. The third-order valence-corrected chi connectivity index (χ3v) is 5.30. The van der Waals surface area contributed by atoms with E-state index < -0.39 is 5.92 Å². The van der Waals surface area contributed by atoms with Gasteiger partial charge in [0.15, 0.2) is 17.0 Å². The summed E-state index contributed by atoms with van der Waals surface area (Å²) < 4.78 is 29.5. The number of fused-ring (bicyclic) bond motifs is 1. The molecule has 1 saturated heterocycles. The predicted octanol–water partition coefficient (Wildman–Crippen LogP) is 3.97. The molecule has 2 aromatic heterocycles. The lowest BCUT2D eigenvalue weighted by atomic mass is 9.96. The molecule has 0 unspecified atom stereocenters. The van der Waals surface area contributed by atoms with Crippen molar-refractivity contribution in [2.75, 3.05) is 18.0 Å². The summed E-state index contributed by atoms with van der Waals surface area (Å²) in [5.41, 5.74) is 3.11. The van der Waals surface area contributed by atoms with Crippen LogP contribution >= 0.6 is 0 Å². The first kappa shape index (κ1) is 19.7. The number of hydrogen-bond donors (Lipinski definition) is 0. The minimum Gasteiger partial charge on any atom is -0.348 e. The van der Waals surface area contributed by atoms with Crippen molar-refractivity contribution in [3.05, 3.63) is 41.2 Å². The Bertz CT molecular complexity index is 1040. The first-order valence-electron chi connectivity index (χ1n) is 9.99. The lowest BCUT2D eigenvalue weighted by molar-refractivity contribution is 0.0257. The van der Waals surface area contributed by atoms with E-state index in [1.54, 1.807) is 9.58 Å². The van der Waals surface area contributed by atoms with Crippen LogP contribution in [0.1, 0.15) is 51.1 Å². The van der Waals surface area contributed by atoms with E-state index in [-0.39, 0.29) is 24.9 Å². The predicted molar refractivity (Wildman–Crippen MR) is 109 cm³/mol. The van der Waals surface area contributed by atoms with Crippen LogP contribution in [0.5, 0.6) is 0 Å². The van der Waals surface area contributed by atoms with E-state index in [0.717, 1.165) is 12.0 Å². The Labute approximate surface area is 169 Å². The van der Waals surface area contributed by atoms with E-state index in [0.29, 0.717) is 29.4 Å². The molecule has 1 fully saturated rings. The van der Waals surface area contributed by atoms with Crippen LogP contribution in [0.25, 0.3) is 11.2 Å². The smallest absolute Gasteiger partial charge is 0.266 e. The van der Waals surface area contributed by atoms with Gasteiger partial charge in [0.25, 0.3) is 5.92 Å². The molecule has 0 aliphatic carbocycles. The van der Waals surface area contributed by atoms with Gasteiger partial charge in [0, 0.05) is 18.4 Å². The Morgan fingerprint density at radius 1 is 1.10 bits per heavy atom. The van der Waals surface area contributed by atoms with Gasteiger partial charge in [-0.15, -0.1) is 5.10 Å². The van der Waals surface area contributed by atoms with E-state index in [2.05, 4.69) is 34.4 Å². The standard InChI is InChI=1S/C21H26F2N6/c1-5-14-8-6-7-9-15(14)12-29-18-16(26-27-29)17(24-19(25-18)20(2,3)4)28-11-10-21(22,23)13-28/h6-9H,5,10-13H2,1-4H3. The van der Waals surface area contributed by atoms with Gasteiger partial charge in [-0.2, -0.15) is 0 Å². The average molecular weight is 400 g/mol. The molecule has 3 aromatic rings. The quantitative estimate of drug-likeness (QED) is 0.663. The van der Waals surface area contributed by atoms with E-state index in [1.165, 1.54) is 5.56 Å². The summed E-state index contributed by atoms with van der Waals surface area (Å²) in [5, 5.41) is 8.59. The summed E-state index contributed by atoms with van der Waals surface area (Å²) in [4.78, 5) is 11.0. The number of aryl methyl sites for hydroxylation is 1. The van der Waals surface area contributed by atoms with Crippen molar-refractivity contribution < 1.29 is 8.78 Å². The lowest BCUT2D eigenvalue weighted by Gasteiger charge is -2.22. The minimum atomic E-state index is -2.71. The molecule has 0 spiro atoms. The van der Waals surface area contributed by atoms with Crippen molar-refractivity contribution in [1.29, 1.82) is 0 Å². The summed E-state index contributed by atoms with van der Waals surface area (Å²) in [6.07, 6.45) is 0.737. The fourth-order valence-electron chi connectivity index (χ4n) is 3.64. The first-order chi connectivity index (χ1) is 13.7. The van der Waals surface area contributed by atoms with Crippen molar-refractivity contribution in [1.82, 2.24) is 25.0 Å². The van der Waals surface area contributed by atoms with Gasteiger partial charge in [-0.25, -0.2) is 23.4 Å². The van der Waals surface area contributed by atoms with Crippen LogP contribution in [0.15, 0.2) is 24.3 Å². The SMILES string of the molecule is CCc1ccccc1Cn1nnc2c(N3CCC(F)(F)C3)nc(C(C)(C)C)nc21. The Hall–Kier alpha value is -2.64. The molecule has 0 amide bonds. The van der Waals surface area contributed by atoms with Crippen molar-refractivity contribution in [3.8, 4) is 0 Å². The van der Waals surface area contributed by atoms with E-state index in [4.69, 9.17) is 4.98 Å². The van der Waals surface area contributed by atoms with Gasteiger partial charge in [0.2, 0.25) is 0 Å². The number of benzene rings is 1. The average Bonchev–Trinajstić information content (AvgIpc) is 3.24. The van der Waals surface area contributed by atoms with Gasteiger partial charge in [-0.1, -0.05) is 57.2 Å². The number of hydrogen-bond acceptors (Lipinski definition) is 5. The third-order valence-electron chi connectivity index (χ3n) is 5.30. The van der Waals surface area contributed by atoms with E-state index in [9.17, 15) is 8.78 Å². The molecular weight excluding hydrogens is 374 g/mol. The Morgan fingerprint density at radius 2 is 1.83 bits per heavy atom. The number of nitrogens with zero attached hydrogens (tertiary/aromatic N) is 6. The molecule has 1 aliphatic rings. The van der Waals surface area contributed by atoms with Gasteiger partial charge < -0.3 is 4.90 Å². The maximum Gasteiger partial charge on any atom is 0.266 e. The molecule has 0 bridgehead atoms. The van der Waals surface area contributed by atoms with Crippen LogP contribution in [0, 0.1) is 0 Å².